The molecule has 1 aliphatic heterocycles. The molecule has 0 aromatic carbocycles. The second kappa shape index (κ2) is 6.54. The standard InChI is InChI=1S/C16H27N3O2S/c1-12(2)6-8-18(5)10-16-13(3)17-19(14(16)4)15-7-9-22(20,21)11-15/h6,15H,7-11H2,1-5H3/p+1/t15-/m1/s1. The van der Waals surface area contributed by atoms with E-state index in [9.17, 15) is 8.42 Å². The van der Waals surface area contributed by atoms with Gasteiger partial charge in [0.15, 0.2) is 9.84 Å². The summed E-state index contributed by atoms with van der Waals surface area (Å²) in [5.74, 6) is 0.520. The minimum Gasteiger partial charge on any atom is -0.330 e. The molecule has 1 aliphatic rings. The zero-order chi connectivity index (χ0) is 16.5. The fraction of sp³-hybridized carbons (Fsp3) is 0.688. The largest absolute Gasteiger partial charge is 0.330 e. The summed E-state index contributed by atoms with van der Waals surface area (Å²) in [6, 6.07) is 0.00976. The predicted molar refractivity (Wildman–Crippen MR) is 88.9 cm³/mol. The van der Waals surface area contributed by atoms with Crippen molar-refractivity contribution in [2.24, 2.45) is 0 Å². The van der Waals surface area contributed by atoms with Crippen molar-refractivity contribution in [3.63, 3.8) is 0 Å². The molecule has 0 saturated carbocycles. The average Bonchev–Trinajstić information content (AvgIpc) is 2.90. The van der Waals surface area contributed by atoms with Gasteiger partial charge in [-0.05, 0) is 40.2 Å². The molecule has 6 heteroatoms. The third kappa shape index (κ3) is 3.98. The molecular weight excluding hydrogens is 298 g/mol. The molecule has 1 fully saturated rings. The van der Waals surface area contributed by atoms with Gasteiger partial charge in [0.1, 0.15) is 6.54 Å². The lowest BCUT2D eigenvalue weighted by Gasteiger charge is -2.14. The minimum absolute atomic E-state index is 0.00976. The summed E-state index contributed by atoms with van der Waals surface area (Å²) in [5, 5.41) is 4.63. The first-order valence-corrected chi connectivity index (χ1v) is 9.71. The number of sulfone groups is 1. The van der Waals surface area contributed by atoms with E-state index in [2.05, 4.69) is 39.0 Å². The number of nitrogens with one attached hydrogen (secondary N) is 1. The van der Waals surface area contributed by atoms with Crippen LogP contribution in [0.25, 0.3) is 0 Å². The van der Waals surface area contributed by atoms with E-state index in [-0.39, 0.29) is 17.5 Å². The van der Waals surface area contributed by atoms with Gasteiger partial charge < -0.3 is 4.90 Å². The highest BCUT2D eigenvalue weighted by Crippen LogP contribution is 2.26. The molecule has 124 valence electrons. The van der Waals surface area contributed by atoms with Crippen LogP contribution in [0.1, 0.15) is 43.3 Å². The maximum Gasteiger partial charge on any atom is 0.152 e. The fourth-order valence-electron chi connectivity index (χ4n) is 3.03. The van der Waals surface area contributed by atoms with Crippen LogP contribution >= 0.6 is 0 Å². The number of hydrogen-bond acceptors (Lipinski definition) is 3. The van der Waals surface area contributed by atoms with E-state index in [0.29, 0.717) is 6.42 Å². The predicted octanol–water partition coefficient (Wildman–Crippen LogP) is 0.840. The maximum absolute atomic E-state index is 11.7. The van der Waals surface area contributed by atoms with Gasteiger partial charge in [0, 0.05) is 5.69 Å². The summed E-state index contributed by atoms with van der Waals surface area (Å²) in [7, 11) is -0.703. The van der Waals surface area contributed by atoms with Crippen LogP contribution in [0.3, 0.4) is 0 Å². The molecule has 1 N–H and O–H groups in total. The number of hydrogen-bond donors (Lipinski definition) is 1. The van der Waals surface area contributed by atoms with E-state index in [1.54, 1.807) is 0 Å². The molecule has 0 aliphatic carbocycles. The summed E-state index contributed by atoms with van der Waals surface area (Å²) < 4.78 is 25.3. The molecular formula is C16H28N3O2S+. The fourth-order valence-corrected chi connectivity index (χ4v) is 4.72. The second-order valence-electron chi connectivity index (χ2n) is 6.77. The van der Waals surface area contributed by atoms with Crippen LogP contribution in [0.15, 0.2) is 11.6 Å². The lowest BCUT2D eigenvalue weighted by Crippen LogP contribution is -3.07. The Kier molecular flexibility index (Phi) is 5.12. The zero-order valence-electron chi connectivity index (χ0n) is 14.3. The molecule has 0 radical (unpaired) electrons. The van der Waals surface area contributed by atoms with E-state index in [4.69, 9.17) is 0 Å². The van der Waals surface area contributed by atoms with Crippen LogP contribution in [-0.2, 0) is 16.4 Å². The van der Waals surface area contributed by atoms with Crippen molar-refractivity contribution in [2.75, 3.05) is 25.1 Å². The third-order valence-electron chi connectivity index (χ3n) is 4.37. The van der Waals surface area contributed by atoms with E-state index < -0.39 is 9.84 Å². The van der Waals surface area contributed by atoms with Gasteiger partial charge >= 0.3 is 0 Å². The molecule has 2 rings (SSSR count). The summed E-state index contributed by atoms with van der Waals surface area (Å²) in [4.78, 5) is 1.41. The Labute approximate surface area is 133 Å². The summed E-state index contributed by atoms with van der Waals surface area (Å²) in [5.41, 5.74) is 4.73. The topological polar surface area (TPSA) is 56.4 Å². The molecule has 22 heavy (non-hydrogen) atoms. The van der Waals surface area contributed by atoms with E-state index in [0.717, 1.165) is 24.5 Å². The molecule has 1 unspecified atom stereocenters. The molecule has 2 atom stereocenters. The monoisotopic (exact) mass is 326 g/mol. The van der Waals surface area contributed by atoms with Crippen molar-refractivity contribution in [1.82, 2.24) is 9.78 Å². The van der Waals surface area contributed by atoms with Crippen LogP contribution in [0, 0.1) is 13.8 Å². The van der Waals surface area contributed by atoms with Gasteiger partial charge in [-0.25, -0.2) is 8.42 Å². The first kappa shape index (κ1) is 17.2. The Morgan fingerprint density at radius 2 is 2.09 bits per heavy atom. The Morgan fingerprint density at radius 3 is 2.64 bits per heavy atom. The number of quaternary nitrogens is 1. The van der Waals surface area contributed by atoms with Gasteiger partial charge in [-0.2, -0.15) is 5.10 Å². The van der Waals surface area contributed by atoms with Gasteiger partial charge in [0.05, 0.1) is 42.4 Å². The van der Waals surface area contributed by atoms with Gasteiger partial charge in [-0.1, -0.05) is 5.57 Å². The summed E-state index contributed by atoms with van der Waals surface area (Å²) in [6.45, 7) is 10.2. The number of rotatable bonds is 5. The Balaban J connectivity index is 2.16. The molecule has 0 amide bonds. The normalized spacial score (nSPS) is 21.8. The molecule has 5 nitrogen and oxygen atoms in total. The SMILES string of the molecule is CC(C)=CC[NH+](C)Cc1c(C)nn([C@@H]2CCS(=O)(=O)C2)c1C. The van der Waals surface area contributed by atoms with Crippen molar-refractivity contribution >= 4 is 9.84 Å². The molecule has 1 saturated heterocycles. The summed E-state index contributed by atoms with van der Waals surface area (Å²) in [6.07, 6.45) is 2.93. The number of likely N-dealkylation sites (N-methyl/N-ethyl adjacent to an activating group) is 1. The van der Waals surface area contributed by atoms with Crippen molar-refractivity contribution in [3.8, 4) is 0 Å². The molecule has 0 spiro atoms. The highest BCUT2D eigenvalue weighted by Gasteiger charge is 2.31. The first-order chi connectivity index (χ1) is 10.2. The molecule has 1 aromatic heterocycles. The Bertz CT molecular complexity index is 670. The number of allylic oxidation sites excluding steroid dienone is 1. The second-order valence-corrected chi connectivity index (χ2v) is 9.00. The van der Waals surface area contributed by atoms with Crippen molar-refractivity contribution in [1.29, 1.82) is 0 Å². The van der Waals surface area contributed by atoms with Gasteiger partial charge in [-0.3, -0.25) is 4.68 Å². The average molecular weight is 326 g/mol. The van der Waals surface area contributed by atoms with E-state index >= 15 is 0 Å². The Hall–Kier alpha value is -1.14. The highest BCUT2D eigenvalue weighted by molar-refractivity contribution is 7.91. The van der Waals surface area contributed by atoms with Gasteiger partial charge in [0.2, 0.25) is 0 Å². The molecule has 0 bridgehead atoms. The third-order valence-corrected chi connectivity index (χ3v) is 6.12. The summed E-state index contributed by atoms with van der Waals surface area (Å²) >= 11 is 0. The molecule has 1 aromatic rings. The smallest absolute Gasteiger partial charge is 0.152 e. The zero-order valence-corrected chi connectivity index (χ0v) is 15.1. The van der Waals surface area contributed by atoms with E-state index in [1.165, 1.54) is 16.0 Å². The van der Waals surface area contributed by atoms with Gasteiger partial charge in [-0.15, -0.1) is 0 Å². The van der Waals surface area contributed by atoms with E-state index in [1.807, 2.05) is 11.6 Å². The van der Waals surface area contributed by atoms with Crippen molar-refractivity contribution in [2.45, 2.75) is 46.7 Å². The van der Waals surface area contributed by atoms with Crippen LogP contribution < -0.4 is 4.90 Å². The number of aryl methyl sites for hydroxylation is 1. The van der Waals surface area contributed by atoms with Crippen LogP contribution in [0.4, 0.5) is 0 Å². The quantitative estimate of drug-likeness (QED) is 0.816. The minimum atomic E-state index is -2.88. The van der Waals surface area contributed by atoms with Crippen LogP contribution in [0.2, 0.25) is 0 Å². The first-order valence-electron chi connectivity index (χ1n) is 7.89. The van der Waals surface area contributed by atoms with Gasteiger partial charge in [0.25, 0.3) is 0 Å². The van der Waals surface area contributed by atoms with Crippen molar-refractivity contribution in [3.05, 3.63) is 28.6 Å². The maximum atomic E-state index is 11.7. The van der Waals surface area contributed by atoms with Crippen LogP contribution in [0.5, 0.6) is 0 Å². The lowest BCUT2D eigenvalue weighted by atomic mass is 10.1. The number of nitrogens with zero attached hydrogens (tertiary/aromatic N) is 2. The van der Waals surface area contributed by atoms with Crippen molar-refractivity contribution < 1.29 is 13.3 Å². The Morgan fingerprint density at radius 1 is 1.41 bits per heavy atom. The highest BCUT2D eigenvalue weighted by atomic mass is 32.2. The molecule has 2 heterocycles. The van der Waals surface area contributed by atoms with Crippen LogP contribution in [-0.4, -0.2) is 43.3 Å². The lowest BCUT2D eigenvalue weighted by molar-refractivity contribution is -0.887. The number of aromatic nitrogens is 2.